The second kappa shape index (κ2) is 12.1. The Morgan fingerprint density at radius 2 is 1.56 bits per heavy atom. The van der Waals surface area contributed by atoms with Crippen LogP contribution >= 0.6 is 0 Å². The van der Waals surface area contributed by atoms with Gasteiger partial charge in [-0.3, -0.25) is 0 Å². The number of pyridine rings is 2. The zero-order valence-corrected chi connectivity index (χ0v) is 27.1. The summed E-state index contributed by atoms with van der Waals surface area (Å²) in [5.74, 6) is 2.76. The Kier molecular flexibility index (Phi) is 8.25. The maximum atomic E-state index is 6.18. The molecule has 1 aliphatic rings. The fourth-order valence-electron chi connectivity index (χ4n) is 6.24. The van der Waals surface area contributed by atoms with Crippen LogP contribution < -0.4 is 4.74 Å². The summed E-state index contributed by atoms with van der Waals surface area (Å²) in [6.45, 7) is 6.56. The number of aromatic nitrogens is 3. The van der Waals surface area contributed by atoms with Gasteiger partial charge >= 0.3 is 21.1 Å². The summed E-state index contributed by atoms with van der Waals surface area (Å²) < 4.78 is 8.45. The van der Waals surface area contributed by atoms with E-state index in [1.807, 2.05) is 30.5 Å². The number of ether oxygens (including phenoxy) is 1. The number of fused-ring (bicyclic) bond motifs is 3. The SMILES string of the molecule is CC(C)(C)c1ccnc(Oc2[c-]c(-c3[c-]c4c(cc3)c3ccccc3n4-c3cc(C4CCCCC4)ccn3)ccc2)c1.[Pt+2]. The van der Waals surface area contributed by atoms with Crippen LogP contribution in [0.5, 0.6) is 11.6 Å². The van der Waals surface area contributed by atoms with Crippen molar-refractivity contribution in [2.75, 3.05) is 0 Å². The van der Waals surface area contributed by atoms with E-state index >= 15 is 0 Å². The molecule has 0 atom stereocenters. The quantitative estimate of drug-likeness (QED) is 0.165. The number of benzene rings is 3. The van der Waals surface area contributed by atoms with Gasteiger partial charge in [0, 0.05) is 29.7 Å². The van der Waals surface area contributed by atoms with Crippen LogP contribution in [0, 0.1) is 12.1 Å². The van der Waals surface area contributed by atoms with Gasteiger partial charge < -0.3 is 9.30 Å². The summed E-state index contributed by atoms with van der Waals surface area (Å²) in [6, 6.07) is 34.6. The molecule has 0 saturated heterocycles. The van der Waals surface area contributed by atoms with Gasteiger partial charge in [0.25, 0.3) is 0 Å². The van der Waals surface area contributed by atoms with Gasteiger partial charge in [-0.2, -0.15) is 24.3 Å². The monoisotopic (exact) mass is 744 g/mol. The second-order valence-electron chi connectivity index (χ2n) is 12.4. The zero-order valence-electron chi connectivity index (χ0n) is 24.8. The molecule has 0 bridgehead atoms. The molecule has 6 aromatic rings. The Bertz CT molecular complexity index is 1900. The Labute approximate surface area is 268 Å². The number of rotatable bonds is 5. The maximum absolute atomic E-state index is 6.18. The molecule has 0 aliphatic heterocycles. The molecule has 7 rings (SSSR count). The van der Waals surface area contributed by atoms with Gasteiger partial charge in [0.15, 0.2) is 0 Å². The van der Waals surface area contributed by atoms with Gasteiger partial charge in [0.05, 0.1) is 0 Å². The molecule has 0 spiro atoms. The first-order chi connectivity index (χ1) is 20.4. The van der Waals surface area contributed by atoms with Gasteiger partial charge in [-0.15, -0.1) is 18.2 Å². The van der Waals surface area contributed by atoms with Crippen molar-refractivity contribution < 1.29 is 25.8 Å². The van der Waals surface area contributed by atoms with Gasteiger partial charge in [-0.1, -0.05) is 63.6 Å². The Morgan fingerprint density at radius 3 is 2.40 bits per heavy atom. The maximum Gasteiger partial charge on any atom is 2.00 e. The molecule has 43 heavy (non-hydrogen) atoms. The van der Waals surface area contributed by atoms with E-state index in [-0.39, 0.29) is 26.5 Å². The standard InChI is InChI=1S/C38H35N3O.Pt/c1-38(2,3)30-19-21-40-37(25-30)42-31-13-9-12-27(22-31)28-16-17-33-32-14-7-8-15-34(32)41(35(33)23-28)36-24-29(18-20-39-36)26-10-5-4-6-11-26;/h7-9,12-21,24-26H,4-6,10-11H2,1-3H3;/q-2;+2. The van der Waals surface area contributed by atoms with Crippen molar-refractivity contribution in [2.45, 2.75) is 64.2 Å². The summed E-state index contributed by atoms with van der Waals surface area (Å²) in [5, 5.41) is 2.36. The van der Waals surface area contributed by atoms with E-state index in [4.69, 9.17) is 9.72 Å². The first-order valence-corrected chi connectivity index (χ1v) is 15.0. The summed E-state index contributed by atoms with van der Waals surface area (Å²) in [6.07, 6.45) is 10.3. The van der Waals surface area contributed by atoms with Crippen LogP contribution in [0.15, 0.2) is 91.3 Å². The average Bonchev–Trinajstić information content (AvgIpc) is 3.35. The average molecular weight is 745 g/mol. The minimum Gasteiger partial charge on any atom is -0.460 e. The van der Waals surface area contributed by atoms with E-state index in [0.29, 0.717) is 17.5 Å². The first-order valence-electron chi connectivity index (χ1n) is 15.0. The topological polar surface area (TPSA) is 39.9 Å². The molecule has 3 aromatic carbocycles. The van der Waals surface area contributed by atoms with E-state index in [9.17, 15) is 0 Å². The number of para-hydroxylation sites is 1. The predicted molar refractivity (Wildman–Crippen MR) is 171 cm³/mol. The van der Waals surface area contributed by atoms with Crippen LogP contribution in [0.2, 0.25) is 0 Å². The molecular weight excluding hydrogens is 710 g/mol. The Hall–Kier alpha value is -3.75. The van der Waals surface area contributed by atoms with Crippen molar-refractivity contribution >= 4 is 21.8 Å². The summed E-state index contributed by atoms with van der Waals surface area (Å²) in [4.78, 5) is 9.31. The van der Waals surface area contributed by atoms with Crippen molar-refractivity contribution in [2.24, 2.45) is 0 Å². The molecule has 0 unspecified atom stereocenters. The molecule has 4 nitrogen and oxygen atoms in total. The molecule has 1 aliphatic carbocycles. The van der Waals surface area contributed by atoms with Gasteiger partial charge in [-0.05, 0) is 70.5 Å². The van der Waals surface area contributed by atoms with E-state index in [1.54, 1.807) is 6.20 Å². The van der Waals surface area contributed by atoms with Crippen LogP contribution in [0.25, 0.3) is 38.8 Å². The number of hydrogen-bond acceptors (Lipinski definition) is 3. The van der Waals surface area contributed by atoms with E-state index in [1.165, 1.54) is 48.6 Å². The smallest absolute Gasteiger partial charge is 0.460 e. The minimum atomic E-state index is 0. The molecule has 0 amide bonds. The third-order valence-corrected chi connectivity index (χ3v) is 8.53. The molecule has 3 aromatic heterocycles. The predicted octanol–water partition coefficient (Wildman–Crippen LogP) is 9.98. The molecule has 3 heterocycles. The summed E-state index contributed by atoms with van der Waals surface area (Å²) in [5.41, 5.74) is 6.61. The van der Waals surface area contributed by atoms with Crippen molar-refractivity contribution in [1.82, 2.24) is 14.5 Å². The third-order valence-electron chi connectivity index (χ3n) is 8.53. The zero-order chi connectivity index (χ0) is 28.7. The number of nitrogens with zero attached hydrogens (tertiary/aromatic N) is 3. The molecule has 1 saturated carbocycles. The summed E-state index contributed by atoms with van der Waals surface area (Å²) >= 11 is 0. The van der Waals surface area contributed by atoms with Gasteiger partial charge in [-0.25, -0.2) is 21.1 Å². The molecule has 0 N–H and O–H groups in total. The van der Waals surface area contributed by atoms with Crippen LogP contribution in [0.4, 0.5) is 0 Å². The van der Waals surface area contributed by atoms with Gasteiger partial charge in [0.2, 0.25) is 5.88 Å². The second-order valence-corrected chi connectivity index (χ2v) is 12.4. The van der Waals surface area contributed by atoms with Crippen molar-refractivity contribution in [3.63, 3.8) is 0 Å². The van der Waals surface area contributed by atoms with E-state index in [0.717, 1.165) is 33.4 Å². The molecule has 0 radical (unpaired) electrons. The fraction of sp³-hybridized carbons (Fsp3) is 0.263. The molecule has 1 fully saturated rings. The fourth-order valence-corrected chi connectivity index (χ4v) is 6.24. The van der Waals surface area contributed by atoms with E-state index in [2.05, 4.69) is 97.1 Å². The molecule has 5 heteroatoms. The van der Waals surface area contributed by atoms with Crippen LogP contribution in [0.1, 0.15) is 69.9 Å². The largest absolute Gasteiger partial charge is 2.00 e. The first kappa shape index (κ1) is 29.3. The third kappa shape index (κ3) is 5.91. The van der Waals surface area contributed by atoms with Crippen LogP contribution in [0.3, 0.4) is 0 Å². The normalized spacial score (nSPS) is 14.1. The van der Waals surface area contributed by atoms with Crippen molar-refractivity contribution in [3.8, 4) is 28.6 Å². The number of hydrogen-bond donors (Lipinski definition) is 0. The summed E-state index contributed by atoms with van der Waals surface area (Å²) in [7, 11) is 0. The molecular formula is C38H35N3OPt. The van der Waals surface area contributed by atoms with Crippen LogP contribution in [-0.2, 0) is 26.5 Å². The van der Waals surface area contributed by atoms with Crippen molar-refractivity contribution in [3.05, 3.63) is 115 Å². The van der Waals surface area contributed by atoms with Crippen molar-refractivity contribution in [1.29, 1.82) is 0 Å². The van der Waals surface area contributed by atoms with Gasteiger partial charge in [0.1, 0.15) is 5.82 Å². The van der Waals surface area contributed by atoms with Crippen LogP contribution in [-0.4, -0.2) is 14.5 Å². The Morgan fingerprint density at radius 1 is 0.767 bits per heavy atom. The van der Waals surface area contributed by atoms with E-state index < -0.39 is 0 Å². The minimum absolute atomic E-state index is 0. The molecule has 218 valence electrons. The Balaban J connectivity index is 0.00000329.